The maximum absolute atomic E-state index is 13.0. The van der Waals surface area contributed by atoms with E-state index in [9.17, 15) is 27.6 Å². The monoisotopic (exact) mass is 381 g/mol. The Hall–Kier alpha value is -2.68. The molecule has 0 radical (unpaired) electrons. The Morgan fingerprint density at radius 1 is 1.30 bits per heavy atom. The Kier molecular flexibility index (Phi) is 3.71. The number of nitrogens with zero attached hydrogens (tertiary/aromatic N) is 1. The predicted octanol–water partition coefficient (Wildman–Crippen LogP) is 2.08. The molecule has 142 valence electrons. The number of amides is 2. The van der Waals surface area contributed by atoms with Gasteiger partial charge in [-0.3, -0.25) is 14.4 Å². The third-order valence-corrected chi connectivity index (χ3v) is 5.09. The largest absolute Gasteiger partial charge is 0.462 e. The van der Waals surface area contributed by atoms with Crippen LogP contribution in [0, 0.1) is 11.8 Å². The highest BCUT2D eigenvalue weighted by molar-refractivity contribution is 6.23. The van der Waals surface area contributed by atoms with Gasteiger partial charge in [-0.1, -0.05) is 12.1 Å². The van der Waals surface area contributed by atoms with Crippen molar-refractivity contribution in [1.29, 1.82) is 0 Å². The molecular weight excluding hydrogens is 367 g/mol. The number of hydrogen-bond acceptors (Lipinski definition) is 5. The van der Waals surface area contributed by atoms with Crippen molar-refractivity contribution in [1.82, 2.24) is 0 Å². The number of hydrogen-bond donors (Lipinski definition) is 0. The molecule has 4 unspecified atom stereocenters. The van der Waals surface area contributed by atoms with Crippen molar-refractivity contribution in [2.45, 2.75) is 24.8 Å². The first-order valence-electron chi connectivity index (χ1n) is 8.20. The summed E-state index contributed by atoms with van der Waals surface area (Å²) in [5.41, 5.74) is -2.37. The van der Waals surface area contributed by atoms with Gasteiger partial charge in [0.25, 0.3) is 0 Å². The molecule has 3 heterocycles. The van der Waals surface area contributed by atoms with Crippen molar-refractivity contribution >= 4 is 23.5 Å². The van der Waals surface area contributed by atoms with Crippen molar-refractivity contribution in [3.63, 3.8) is 0 Å². The van der Waals surface area contributed by atoms with Crippen molar-refractivity contribution in [2.75, 3.05) is 11.5 Å². The molecule has 0 N–H and O–H groups in total. The molecule has 2 fully saturated rings. The van der Waals surface area contributed by atoms with Crippen LogP contribution in [0.25, 0.3) is 0 Å². The van der Waals surface area contributed by atoms with Gasteiger partial charge in [0.2, 0.25) is 11.8 Å². The molecule has 0 spiro atoms. The van der Waals surface area contributed by atoms with E-state index in [4.69, 9.17) is 9.47 Å². The van der Waals surface area contributed by atoms with E-state index in [0.717, 1.165) is 23.1 Å². The molecule has 0 aliphatic carbocycles. The lowest BCUT2D eigenvalue weighted by atomic mass is 9.77. The Morgan fingerprint density at radius 3 is 2.70 bits per heavy atom. The summed E-state index contributed by atoms with van der Waals surface area (Å²) in [4.78, 5) is 37.7. The van der Waals surface area contributed by atoms with Crippen LogP contribution < -0.4 is 4.90 Å². The molecule has 0 saturated carbocycles. The molecule has 2 bridgehead atoms. The topological polar surface area (TPSA) is 72.9 Å². The summed E-state index contributed by atoms with van der Waals surface area (Å²) in [7, 11) is 0. The van der Waals surface area contributed by atoms with E-state index < -0.39 is 53.1 Å². The van der Waals surface area contributed by atoms with E-state index in [-0.39, 0.29) is 12.3 Å². The number of halogens is 3. The smallest absolute Gasteiger partial charge is 0.416 e. The van der Waals surface area contributed by atoms with E-state index in [1.54, 1.807) is 12.2 Å². The molecule has 9 heteroatoms. The molecule has 3 aliphatic rings. The van der Waals surface area contributed by atoms with E-state index in [0.29, 0.717) is 0 Å². The Bertz CT molecular complexity index is 880. The maximum atomic E-state index is 13.0. The van der Waals surface area contributed by atoms with Crippen molar-refractivity contribution in [2.24, 2.45) is 11.8 Å². The fraction of sp³-hybridized carbons (Fsp3) is 0.389. The van der Waals surface area contributed by atoms with Crippen molar-refractivity contribution in [3.05, 3.63) is 42.0 Å². The molecular formula is C18H14F3NO5. The molecule has 6 nitrogen and oxygen atoms in total. The van der Waals surface area contributed by atoms with Gasteiger partial charge in [0.05, 0.1) is 29.2 Å². The first-order chi connectivity index (χ1) is 12.6. The average molecular weight is 381 g/mol. The van der Waals surface area contributed by atoms with Crippen LogP contribution in [-0.2, 0) is 30.0 Å². The van der Waals surface area contributed by atoms with Crippen LogP contribution in [0.2, 0.25) is 0 Å². The maximum Gasteiger partial charge on any atom is 0.416 e. The number of esters is 1. The number of benzene rings is 1. The van der Waals surface area contributed by atoms with Crippen LogP contribution in [0.3, 0.4) is 0 Å². The zero-order valence-corrected chi connectivity index (χ0v) is 14.0. The Balaban J connectivity index is 1.69. The molecule has 2 saturated heterocycles. The van der Waals surface area contributed by atoms with Gasteiger partial charge >= 0.3 is 12.1 Å². The third kappa shape index (κ3) is 2.56. The minimum absolute atomic E-state index is 0.142. The van der Waals surface area contributed by atoms with Crippen LogP contribution in [-0.4, -0.2) is 36.1 Å². The van der Waals surface area contributed by atoms with E-state index in [1.165, 1.54) is 13.0 Å². The third-order valence-electron chi connectivity index (χ3n) is 5.09. The van der Waals surface area contributed by atoms with Gasteiger partial charge in [-0.25, -0.2) is 4.90 Å². The van der Waals surface area contributed by atoms with Gasteiger partial charge in [0.1, 0.15) is 12.2 Å². The number of ether oxygens (including phenoxy) is 2. The zero-order valence-electron chi connectivity index (χ0n) is 14.0. The number of rotatable bonds is 3. The fourth-order valence-corrected chi connectivity index (χ4v) is 3.96. The summed E-state index contributed by atoms with van der Waals surface area (Å²) < 4.78 is 49.7. The molecule has 1 aromatic carbocycles. The van der Waals surface area contributed by atoms with Gasteiger partial charge in [-0.05, 0) is 24.3 Å². The number of alkyl halides is 3. The number of imide groups is 1. The second-order valence-corrected chi connectivity index (χ2v) is 6.74. The van der Waals surface area contributed by atoms with Crippen LogP contribution >= 0.6 is 0 Å². The minimum atomic E-state index is -4.60. The summed E-state index contributed by atoms with van der Waals surface area (Å²) in [6, 6.07) is 4.06. The second kappa shape index (κ2) is 5.66. The summed E-state index contributed by atoms with van der Waals surface area (Å²) in [6.07, 6.45) is -2.08. The fourth-order valence-electron chi connectivity index (χ4n) is 3.96. The lowest BCUT2D eigenvalue weighted by Gasteiger charge is -2.28. The highest BCUT2D eigenvalue weighted by Crippen LogP contribution is 2.52. The summed E-state index contributed by atoms with van der Waals surface area (Å²) in [5, 5.41) is 0. The first kappa shape index (κ1) is 17.7. The molecule has 27 heavy (non-hydrogen) atoms. The molecule has 4 atom stereocenters. The molecule has 1 aromatic rings. The van der Waals surface area contributed by atoms with Gasteiger partial charge in [0.15, 0.2) is 0 Å². The second-order valence-electron chi connectivity index (χ2n) is 6.74. The lowest BCUT2D eigenvalue weighted by molar-refractivity contribution is -0.150. The summed E-state index contributed by atoms with van der Waals surface area (Å²) >= 11 is 0. The number of anilines is 1. The quantitative estimate of drug-likeness (QED) is 0.455. The average Bonchev–Trinajstić information content (AvgIpc) is 3.23. The van der Waals surface area contributed by atoms with Gasteiger partial charge < -0.3 is 9.47 Å². The number of carbonyl (C=O) groups is 3. The minimum Gasteiger partial charge on any atom is -0.462 e. The van der Waals surface area contributed by atoms with E-state index >= 15 is 0 Å². The molecule has 4 rings (SSSR count). The molecule has 2 amide bonds. The lowest BCUT2D eigenvalue weighted by Crippen LogP contribution is -2.44. The van der Waals surface area contributed by atoms with Crippen LogP contribution in [0.1, 0.15) is 12.5 Å². The number of carbonyl (C=O) groups excluding carboxylic acids is 3. The van der Waals surface area contributed by atoms with Crippen LogP contribution in [0.5, 0.6) is 0 Å². The van der Waals surface area contributed by atoms with E-state index in [2.05, 4.69) is 0 Å². The van der Waals surface area contributed by atoms with E-state index in [1.807, 2.05) is 0 Å². The van der Waals surface area contributed by atoms with Crippen molar-refractivity contribution < 1.29 is 37.0 Å². The standard InChI is InChI=1S/C18H14F3NO5/c1-9(23)26-8-17-6-5-12(27-17)13-14(17)16(25)22(15(13)24)11-4-2-3-10(7-11)18(19,20)21/h2-7,12-14H,8H2,1H3. The van der Waals surface area contributed by atoms with Crippen LogP contribution in [0.4, 0.5) is 18.9 Å². The Labute approximate surface area is 151 Å². The molecule has 3 aliphatic heterocycles. The SMILES string of the molecule is CC(=O)OCC12C=CC(O1)C1C(=O)N(c3cccc(C(F)(F)F)c3)C(=O)C12. The predicted molar refractivity (Wildman–Crippen MR) is 84.3 cm³/mol. The Morgan fingerprint density at radius 2 is 2.04 bits per heavy atom. The van der Waals surface area contributed by atoms with Gasteiger partial charge in [-0.15, -0.1) is 0 Å². The normalized spacial score (nSPS) is 31.6. The zero-order chi connectivity index (χ0) is 19.6. The number of fused-ring (bicyclic) bond motifs is 5. The van der Waals surface area contributed by atoms with Gasteiger partial charge in [-0.2, -0.15) is 13.2 Å². The highest BCUT2D eigenvalue weighted by atomic mass is 19.4. The first-order valence-corrected chi connectivity index (χ1v) is 8.20. The van der Waals surface area contributed by atoms with Crippen LogP contribution in [0.15, 0.2) is 36.4 Å². The van der Waals surface area contributed by atoms with Gasteiger partial charge in [0, 0.05) is 6.92 Å². The summed E-state index contributed by atoms with van der Waals surface area (Å²) in [5.74, 6) is -3.66. The summed E-state index contributed by atoms with van der Waals surface area (Å²) in [6.45, 7) is 0.960. The van der Waals surface area contributed by atoms with Crippen molar-refractivity contribution in [3.8, 4) is 0 Å². The molecule has 0 aromatic heterocycles. The highest BCUT2D eigenvalue weighted by Gasteiger charge is 2.68.